The summed E-state index contributed by atoms with van der Waals surface area (Å²) in [5, 5.41) is 0.269. The summed E-state index contributed by atoms with van der Waals surface area (Å²) in [6.07, 6.45) is 7.31. The number of Topliss-reactive ketones (excluding diaryl/α,β-unsaturated/α-hetero) is 1. The molecule has 0 unspecified atom stereocenters. The maximum atomic E-state index is 10.4. The third kappa shape index (κ3) is 47.8. The second-order valence-electron chi connectivity index (χ2n) is 7.30. The van der Waals surface area contributed by atoms with E-state index in [2.05, 4.69) is 27.4 Å². The van der Waals surface area contributed by atoms with Gasteiger partial charge in [-0.3, -0.25) is 19.2 Å². The molecule has 4 saturated heterocycles. The molecule has 0 N–H and O–H groups in total. The molecule has 194 valence electrons. The van der Waals surface area contributed by atoms with E-state index in [0.717, 1.165) is 24.5 Å². The molecule has 0 spiro atoms. The van der Waals surface area contributed by atoms with Gasteiger partial charge in [-0.15, -0.1) is 0 Å². The van der Waals surface area contributed by atoms with Gasteiger partial charge in [0.1, 0.15) is 11.5 Å². The first-order valence-electron chi connectivity index (χ1n) is 11.0. The summed E-state index contributed by atoms with van der Waals surface area (Å²) in [7, 11) is 0. The first-order valence-corrected chi connectivity index (χ1v) is 13.0. The van der Waals surface area contributed by atoms with Gasteiger partial charge in [0.05, 0.1) is 19.6 Å². The van der Waals surface area contributed by atoms with Crippen LogP contribution in [0.15, 0.2) is 23.8 Å². The van der Waals surface area contributed by atoms with Crippen LogP contribution < -0.4 is 0 Å². The van der Waals surface area contributed by atoms with Crippen LogP contribution in [-0.4, -0.2) is 53.5 Å². The molecule has 10 heteroatoms. The maximum Gasteiger partial charge on any atom is 0.311 e. The zero-order chi connectivity index (χ0) is 26.4. The summed E-state index contributed by atoms with van der Waals surface area (Å²) in [6, 6.07) is 0. The Morgan fingerprint density at radius 1 is 0.824 bits per heavy atom. The minimum absolute atomic E-state index is 0.148. The van der Waals surface area contributed by atoms with E-state index in [1.807, 2.05) is 11.8 Å². The van der Waals surface area contributed by atoms with Crippen LogP contribution in [0.1, 0.15) is 72.6 Å². The van der Waals surface area contributed by atoms with Crippen molar-refractivity contribution in [1.29, 1.82) is 0 Å². The number of carbonyl (C=O) groups excluding carboxylic acids is 5. The van der Waals surface area contributed by atoms with Crippen molar-refractivity contribution < 1.29 is 38.2 Å². The van der Waals surface area contributed by atoms with E-state index >= 15 is 0 Å². The van der Waals surface area contributed by atoms with E-state index in [4.69, 9.17) is 0 Å². The lowest BCUT2D eigenvalue weighted by Crippen LogP contribution is -2.03. The predicted octanol–water partition coefficient (Wildman–Crippen LogP) is 5.00. The van der Waals surface area contributed by atoms with Crippen molar-refractivity contribution in [3.8, 4) is 0 Å². The second-order valence-corrected chi connectivity index (χ2v) is 9.77. The number of cyclic esters (lactones) is 1. The number of carbonyl (C=O) groups is 5. The summed E-state index contributed by atoms with van der Waals surface area (Å²) < 4.78 is 13.0. The molecule has 4 aliphatic heterocycles. The van der Waals surface area contributed by atoms with Crippen molar-refractivity contribution in [3.05, 3.63) is 23.8 Å². The topological polar surface area (TPSA) is 116 Å². The Hall–Kier alpha value is -1.91. The fourth-order valence-electron chi connectivity index (χ4n) is 1.21. The highest BCUT2D eigenvalue weighted by Crippen LogP contribution is 2.29. The number of ether oxygens (including phenoxy) is 3. The summed E-state index contributed by atoms with van der Waals surface area (Å²) in [5.74, 6) is 2.33. The van der Waals surface area contributed by atoms with E-state index < -0.39 is 11.9 Å². The van der Waals surface area contributed by atoms with Gasteiger partial charge < -0.3 is 19.0 Å². The van der Waals surface area contributed by atoms with Gasteiger partial charge >= 0.3 is 17.9 Å². The molecule has 0 atom stereocenters. The highest BCUT2D eigenvalue weighted by molar-refractivity contribution is 8.17. The Kier molecular flexibility index (Phi) is 23.0. The zero-order valence-electron chi connectivity index (χ0n) is 20.8. The third-order valence-corrected chi connectivity index (χ3v) is 4.11. The predicted molar refractivity (Wildman–Crippen MR) is 136 cm³/mol. The minimum atomic E-state index is -0.562. The van der Waals surface area contributed by atoms with Gasteiger partial charge in [0.15, 0.2) is 5.12 Å². The Morgan fingerprint density at radius 3 is 1.32 bits per heavy atom. The molecule has 0 aromatic heterocycles. The number of hydrogen-bond acceptors (Lipinski definition) is 10. The average Bonchev–Trinajstić information content (AvgIpc) is 3.59. The van der Waals surface area contributed by atoms with Crippen molar-refractivity contribution in [1.82, 2.24) is 0 Å². The zero-order valence-corrected chi connectivity index (χ0v) is 22.4. The molecular weight excluding hydrogens is 480 g/mol. The van der Waals surface area contributed by atoms with Gasteiger partial charge in [0.25, 0.3) is 0 Å². The Morgan fingerprint density at radius 2 is 1.26 bits per heavy atom. The highest BCUT2D eigenvalue weighted by Gasteiger charge is 2.14. The molecule has 0 amide bonds. The maximum absolute atomic E-state index is 10.4. The number of ketones is 1. The molecule has 5 rings (SSSR count). The van der Waals surface area contributed by atoms with Gasteiger partial charge in [-0.25, -0.2) is 0 Å². The number of esters is 3. The van der Waals surface area contributed by atoms with Crippen molar-refractivity contribution in [2.75, 3.05) is 24.7 Å². The number of hydrogen-bond donors (Lipinski definition) is 0. The van der Waals surface area contributed by atoms with Crippen LogP contribution in [0.3, 0.4) is 0 Å². The summed E-state index contributed by atoms with van der Waals surface area (Å²) in [5.41, 5.74) is 0. The number of thioether (sulfide) groups is 2. The van der Waals surface area contributed by atoms with Gasteiger partial charge in [0, 0.05) is 38.2 Å². The standard InChI is InChI=1S/C5H6O2.C5H6OS.C4H6O3.C3H6O.C3H6.C2H4O.C2H4S/c2*1-4-2-3-5(6)7-4;1-3(5)7-4(2)6;1-3(2)4;3*1-2-3-1/h2*1-3H2;1-2H3;1-2H3;1-3H2;2*1-2H2. The lowest BCUT2D eigenvalue weighted by Gasteiger charge is -1.87. The molecule has 5 fully saturated rings. The molecule has 0 bridgehead atoms. The van der Waals surface area contributed by atoms with E-state index in [0.29, 0.717) is 25.0 Å². The van der Waals surface area contributed by atoms with E-state index in [-0.39, 0.29) is 16.9 Å². The van der Waals surface area contributed by atoms with E-state index in [9.17, 15) is 24.0 Å². The molecule has 5 aliphatic rings. The lowest BCUT2D eigenvalue weighted by molar-refractivity contribution is -0.156. The Bertz CT molecular complexity index is 586. The smallest absolute Gasteiger partial charge is 0.311 e. The van der Waals surface area contributed by atoms with Crippen LogP contribution in [0.5, 0.6) is 0 Å². The quantitative estimate of drug-likeness (QED) is 0.246. The number of rotatable bonds is 0. The van der Waals surface area contributed by atoms with Crippen molar-refractivity contribution in [2.24, 2.45) is 0 Å². The van der Waals surface area contributed by atoms with Gasteiger partial charge in [-0.2, -0.15) is 11.8 Å². The van der Waals surface area contributed by atoms with Crippen LogP contribution in [0.25, 0.3) is 0 Å². The SMILES string of the molecule is C1CC1.C1CO1.C1CS1.C=C1CCC(=O)O1.C=C1CCC(=O)S1.CC(=O)OC(C)=O.CC(C)=O. The van der Waals surface area contributed by atoms with E-state index in [1.54, 1.807) is 0 Å². The average molecular weight is 519 g/mol. The van der Waals surface area contributed by atoms with Crippen LogP contribution in [-0.2, 0) is 38.2 Å². The molecule has 1 aliphatic carbocycles. The van der Waals surface area contributed by atoms with Gasteiger partial charge in [0.2, 0.25) is 0 Å². The largest absolute Gasteiger partial charge is 0.432 e. The van der Waals surface area contributed by atoms with Crippen molar-refractivity contribution in [3.63, 3.8) is 0 Å². The minimum Gasteiger partial charge on any atom is -0.432 e. The molecule has 0 aromatic carbocycles. The second kappa shape index (κ2) is 22.9. The lowest BCUT2D eigenvalue weighted by atomic mass is 10.3. The third-order valence-electron chi connectivity index (χ3n) is 2.78. The van der Waals surface area contributed by atoms with Gasteiger partial charge in [-0.1, -0.05) is 44.2 Å². The monoisotopic (exact) mass is 518 g/mol. The van der Waals surface area contributed by atoms with Crippen molar-refractivity contribution >= 4 is 52.3 Å². The normalized spacial score (nSPS) is 17.2. The molecule has 1 saturated carbocycles. The molecule has 0 radical (unpaired) electrons. The van der Waals surface area contributed by atoms with Crippen molar-refractivity contribution in [2.45, 2.75) is 72.6 Å². The molecule has 34 heavy (non-hydrogen) atoms. The summed E-state index contributed by atoms with van der Waals surface area (Å²) in [4.78, 5) is 50.6. The molecular formula is C24H38O8S2. The molecule has 0 aromatic rings. The van der Waals surface area contributed by atoms with Crippen LogP contribution >= 0.6 is 23.5 Å². The van der Waals surface area contributed by atoms with E-state index in [1.165, 1.54) is 70.2 Å². The molecule has 4 heterocycles. The number of epoxide rings is 1. The van der Waals surface area contributed by atoms with Crippen LogP contribution in [0, 0.1) is 0 Å². The highest BCUT2D eigenvalue weighted by atomic mass is 32.2. The Balaban J connectivity index is 0. The first-order chi connectivity index (χ1) is 15.9. The van der Waals surface area contributed by atoms with Gasteiger partial charge in [-0.05, 0) is 25.2 Å². The summed E-state index contributed by atoms with van der Waals surface area (Å²) >= 11 is 3.29. The fraction of sp³-hybridized carbons (Fsp3) is 0.625. The first kappa shape index (κ1) is 34.3. The number of allylic oxidation sites excluding steroid dienone is 2. The van der Waals surface area contributed by atoms with Crippen LogP contribution in [0.4, 0.5) is 0 Å². The van der Waals surface area contributed by atoms with Crippen LogP contribution in [0.2, 0.25) is 0 Å². The summed E-state index contributed by atoms with van der Waals surface area (Å²) in [6.45, 7) is 14.5. The molecule has 8 nitrogen and oxygen atoms in total. The fourth-order valence-corrected chi connectivity index (χ4v) is 1.94. The Labute approximate surface area is 211 Å².